The minimum absolute atomic E-state index is 0.356. The molecule has 38 valence electrons. The summed E-state index contributed by atoms with van der Waals surface area (Å²) in [6.07, 6.45) is 0. The highest BCUT2D eigenvalue weighted by molar-refractivity contribution is 6.18. The first-order chi connectivity index (χ1) is 3.98. The van der Waals surface area contributed by atoms with Crippen molar-refractivity contribution in [3.8, 4) is 0 Å². The van der Waals surface area contributed by atoms with Gasteiger partial charge in [-0.05, 0) is 14.0 Å². The van der Waals surface area contributed by atoms with Crippen molar-refractivity contribution < 1.29 is 4.11 Å². The molecule has 0 heterocycles. The SMILES string of the molecule is [2H]C([2H])([2H])N(C)CCCl. The minimum atomic E-state index is -1.99. The monoisotopic (exact) mass is 110 g/mol. The number of halogens is 1. The Balaban J connectivity index is 3.59. The molecule has 0 aliphatic heterocycles. The number of alkyl halides is 1. The van der Waals surface area contributed by atoms with Gasteiger partial charge in [-0.25, -0.2) is 0 Å². The van der Waals surface area contributed by atoms with E-state index in [0.29, 0.717) is 12.4 Å². The van der Waals surface area contributed by atoms with E-state index in [4.69, 9.17) is 15.7 Å². The van der Waals surface area contributed by atoms with Gasteiger partial charge in [0, 0.05) is 16.5 Å². The Kier molecular flexibility index (Phi) is 1.45. The minimum Gasteiger partial charge on any atom is -0.308 e. The molecule has 0 fully saturated rings. The zero-order chi connectivity index (χ0) is 7.49. The van der Waals surface area contributed by atoms with E-state index < -0.39 is 6.98 Å². The van der Waals surface area contributed by atoms with Crippen molar-refractivity contribution in [2.45, 2.75) is 0 Å². The van der Waals surface area contributed by atoms with E-state index in [-0.39, 0.29) is 0 Å². The summed E-state index contributed by atoms with van der Waals surface area (Å²) in [6, 6.07) is 0. The highest BCUT2D eigenvalue weighted by Gasteiger charge is 1.81. The lowest BCUT2D eigenvalue weighted by molar-refractivity contribution is 0.436. The summed E-state index contributed by atoms with van der Waals surface area (Å²) in [5.41, 5.74) is 0. The third kappa shape index (κ3) is 4.25. The first kappa shape index (κ1) is 2.53. The fourth-order valence-electron chi connectivity index (χ4n) is 0.127. The molecule has 1 nitrogen and oxygen atoms in total. The van der Waals surface area contributed by atoms with Crippen molar-refractivity contribution in [3.63, 3.8) is 0 Å². The van der Waals surface area contributed by atoms with Crippen molar-refractivity contribution in [3.05, 3.63) is 0 Å². The normalized spacial score (nSPS) is 19.5. The zero-order valence-corrected chi connectivity index (χ0v) is 4.50. The highest BCUT2D eigenvalue weighted by atomic mass is 35.5. The van der Waals surface area contributed by atoms with Crippen LogP contribution in [-0.4, -0.2) is 31.3 Å². The molecule has 0 saturated carbocycles. The van der Waals surface area contributed by atoms with E-state index in [1.165, 1.54) is 11.9 Å². The summed E-state index contributed by atoms with van der Waals surface area (Å²) in [5.74, 6) is 0.356. The van der Waals surface area contributed by atoms with Gasteiger partial charge in [-0.2, -0.15) is 0 Å². The Morgan fingerprint density at radius 1 is 2.00 bits per heavy atom. The van der Waals surface area contributed by atoms with Crippen molar-refractivity contribution >= 4 is 11.6 Å². The first-order valence-electron chi connectivity index (χ1n) is 3.25. The van der Waals surface area contributed by atoms with Gasteiger partial charge in [0.05, 0.1) is 0 Å². The molecule has 0 bridgehead atoms. The Hall–Kier alpha value is 0.250. The third-order valence-electron chi connectivity index (χ3n) is 0.420. The molecule has 0 aliphatic rings. The van der Waals surface area contributed by atoms with Crippen molar-refractivity contribution in [2.24, 2.45) is 0 Å². The van der Waals surface area contributed by atoms with Crippen LogP contribution in [0.15, 0.2) is 0 Å². The molecule has 0 atom stereocenters. The molecule has 0 spiro atoms. The Labute approximate surface area is 48.1 Å². The van der Waals surface area contributed by atoms with Crippen molar-refractivity contribution in [1.29, 1.82) is 0 Å². The molecule has 0 aromatic heterocycles. The lowest BCUT2D eigenvalue weighted by Gasteiger charge is -2.02. The average Bonchev–Trinajstić information content (AvgIpc) is 1.64. The van der Waals surface area contributed by atoms with Crippen LogP contribution in [0.3, 0.4) is 0 Å². The molecule has 0 rings (SSSR count). The second kappa shape index (κ2) is 3.44. The first-order valence-corrected chi connectivity index (χ1v) is 2.29. The van der Waals surface area contributed by atoms with Gasteiger partial charge < -0.3 is 4.90 Å². The Bertz CT molecular complexity index is 82.4. The predicted octanol–water partition coefficient (Wildman–Crippen LogP) is 0.787. The summed E-state index contributed by atoms with van der Waals surface area (Å²) in [6.45, 7) is -1.59. The van der Waals surface area contributed by atoms with Crippen LogP contribution in [0.4, 0.5) is 0 Å². The van der Waals surface area contributed by atoms with Gasteiger partial charge in [0.25, 0.3) is 0 Å². The van der Waals surface area contributed by atoms with Crippen molar-refractivity contribution in [1.82, 2.24) is 4.90 Å². The van der Waals surface area contributed by atoms with E-state index in [1.54, 1.807) is 0 Å². The van der Waals surface area contributed by atoms with Crippen LogP contribution in [0.5, 0.6) is 0 Å². The second-order valence-corrected chi connectivity index (χ2v) is 1.49. The van der Waals surface area contributed by atoms with Crippen LogP contribution in [0.2, 0.25) is 0 Å². The molecule has 0 radical (unpaired) electrons. The quantitative estimate of drug-likeness (QED) is 0.475. The van der Waals surface area contributed by atoms with Crippen LogP contribution in [0.1, 0.15) is 4.11 Å². The van der Waals surface area contributed by atoms with Gasteiger partial charge in [0.2, 0.25) is 0 Å². The van der Waals surface area contributed by atoms with Crippen LogP contribution in [0.25, 0.3) is 0 Å². The number of nitrogens with zero attached hydrogens (tertiary/aromatic N) is 1. The average molecular weight is 111 g/mol. The maximum absolute atomic E-state index is 6.84. The second-order valence-electron chi connectivity index (χ2n) is 1.11. The van der Waals surface area contributed by atoms with E-state index in [0.717, 1.165) is 0 Å². The number of hydrogen-bond donors (Lipinski definition) is 0. The summed E-state index contributed by atoms with van der Waals surface area (Å²) in [5, 5.41) is 0. The van der Waals surface area contributed by atoms with Gasteiger partial charge >= 0.3 is 0 Å². The smallest absolute Gasteiger partial charge is 0.0394 e. The van der Waals surface area contributed by atoms with Gasteiger partial charge in [-0.3, -0.25) is 0 Å². The fraction of sp³-hybridized carbons (Fsp3) is 1.00. The van der Waals surface area contributed by atoms with Crippen molar-refractivity contribution in [2.75, 3.05) is 26.4 Å². The zero-order valence-electron chi connectivity index (χ0n) is 6.74. The molecule has 0 aliphatic carbocycles. The van der Waals surface area contributed by atoms with E-state index in [9.17, 15) is 0 Å². The fourth-order valence-corrected chi connectivity index (χ4v) is 0.380. The van der Waals surface area contributed by atoms with Gasteiger partial charge in [-0.15, -0.1) is 11.6 Å². The van der Waals surface area contributed by atoms with E-state index in [1.807, 2.05) is 0 Å². The van der Waals surface area contributed by atoms with Crippen LogP contribution >= 0.6 is 11.6 Å². The molecular formula is C4H10ClN. The topological polar surface area (TPSA) is 3.24 Å². The lowest BCUT2D eigenvalue weighted by Crippen LogP contribution is -2.13. The summed E-state index contributed by atoms with van der Waals surface area (Å²) < 4.78 is 20.5. The van der Waals surface area contributed by atoms with Gasteiger partial charge in [0.15, 0.2) is 0 Å². The standard InChI is InChI=1S/C4H10ClN/c1-6(2)4-3-5/h3-4H2,1-2H3/i1D3. The van der Waals surface area contributed by atoms with Gasteiger partial charge in [0.1, 0.15) is 0 Å². The predicted molar refractivity (Wildman–Crippen MR) is 29.3 cm³/mol. The summed E-state index contributed by atoms with van der Waals surface area (Å²) in [7, 11) is 1.52. The lowest BCUT2D eigenvalue weighted by atomic mass is 10.7. The molecule has 2 heteroatoms. The maximum Gasteiger partial charge on any atom is 0.0394 e. The molecule has 0 amide bonds. The maximum atomic E-state index is 6.84. The highest BCUT2D eigenvalue weighted by Crippen LogP contribution is 1.75. The number of rotatable bonds is 2. The van der Waals surface area contributed by atoms with Crippen LogP contribution < -0.4 is 0 Å². The largest absolute Gasteiger partial charge is 0.308 e. The molecule has 6 heavy (non-hydrogen) atoms. The van der Waals surface area contributed by atoms with Gasteiger partial charge in [-0.1, -0.05) is 0 Å². The molecule has 0 aromatic carbocycles. The Morgan fingerprint density at radius 3 is 2.83 bits per heavy atom. The molecule has 0 N–H and O–H groups in total. The van der Waals surface area contributed by atoms with Crippen LogP contribution in [-0.2, 0) is 0 Å². The summed E-state index contributed by atoms with van der Waals surface area (Å²) in [4.78, 5) is 1.24. The molecule has 0 unspecified atom stereocenters. The van der Waals surface area contributed by atoms with E-state index in [2.05, 4.69) is 0 Å². The summed E-state index contributed by atoms with van der Waals surface area (Å²) >= 11 is 5.31. The van der Waals surface area contributed by atoms with E-state index >= 15 is 0 Å². The molecule has 0 saturated heterocycles. The Morgan fingerprint density at radius 2 is 2.67 bits per heavy atom. The molecular weight excluding hydrogens is 97.5 g/mol. The number of hydrogen-bond acceptors (Lipinski definition) is 1. The van der Waals surface area contributed by atoms with Crippen LogP contribution in [0, 0.1) is 0 Å². The molecule has 0 aromatic rings. The third-order valence-corrected chi connectivity index (χ3v) is 0.589.